The van der Waals surface area contributed by atoms with Crippen LogP contribution in [0.4, 0.5) is 20.6 Å². The summed E-state index contributed by atoms with van der Waals surface area (Å²) in [6.07, 6.45) is -0.935. The lowest BCUT2D eigenvalue weighted by Gasteiger charge is -2.24. The van der Waals surface area contributed by atoms with E-state index in [4.69, 9.17) is 33.7 Å². The molecule has 0 aliphatic carbocycles. The number of nitrogens with two attached hydrogens (primary N) is 1. The van der Waals surface area contributed by atoms with Crippen LogP contribution in [-0.2, 0) is 9.53 Å². The molecule has 1 aromatic carbocycles. The number of rotatable bonds is 4. The first-order chi connectivity index (χ1) is 12.9. The van der Waals surface area contributed by atoms with Gasteiger partial charge in [0.05, 0.1) is 24.5 Å². The van der Waals surface area contributed by atoms with E-state index in [1.807, 2.05) is 4.90 Å². The molecule has 2 fully saturated rings. The zero-order valence-electron chi connectivity index (χ0n) is 14.4. The topological polar surface area (TPSA) is 91.1 Å². The Balaban J connectivity index is 1.71. The van der Waals surface area contributed by atoms with Gasteiger partial charge in [-0.1, -0.05) is 23.2 Å². The summed E-state index contributed by atoms with van der Waals surface area (Å²) in [5.41, 5.74) is 9.24. The third-order valence-corrected chi connectivity index (χ3v) is 4.82. The maximum atomic E-state index is 14.7. The number of carbonyl (C=O) groups is 2. The SMILES string of the molecule is NC[C@H]1CN(c2ccc(N3CCNN(C(=O)C(Cl)Cl)CC3)c(F)c2)C(=O)O1. The first-order valence-corrected chi connectivity index (χ1v) is 9.33. The van der Waals surface area contributed by atoms with Crippen LogP contribution in [0.15, 0.2) is 18.2 Å². The Morgan fingerprint density at radius 3 is 2.78 bits per heavy atom. The molecular weight excluding hydrogens is 400 g/mol. The summed E-state index contributed by atoms with van der Waals surface area (Å²) in [6.45, 7) is 2.10. The fourth-order valence-electron chi connectivity index (χ4n) is 3.05. The van der Waals surface area contributed by atoms with Crippen molar-refractivity contribution in [1.82, 2.24) is 10.4 Å². The van der Waals surface area contributed by atoms with Crippen LogP contribution in [0.5, 0.6) is 0 Å². The lowest BCUT2D eigenvalue weighted by molar-refractivity contribution is -0.132. The average molecular weight is 420 g/mol. The number of hydrazine groups is 1. The largest absolute Gasteiger partial charge is 0.443 e. The number of hydrogen-bond donors (Lipinski definition) is 2. The number of alkyl halides is 2. The Hall–Kier alpha value is -1.81. The number of cyclic esters (lactones) is 1. The van der Waals surface area contributed by atoms with E-state index in [1.54, 1.807) is 12.1 Å². The summed E-state index contributed by atoms with van der Waals surface area (Å²) in [5, 5.41) is 1.34. The van der Waals surface area contributed by atoms with Gasteiger partial charge in [0.1, 0.15) is 11.9 Å². The van der Waals surface area contributed by atoms with E-state index in [0.29, 0.717) is 37.6 Å². The van der Waals surface area contributed by atoms with Crippen molar-refractivity contribution in [1.29, 1.82) is 0 Å². The van der Waals surface area contributed by atoms with Crippen molar-refractivity contribution >= 4 is 46.6 Å². The summed E-state index contributed by atoms with van der Waals surface area (Å²) < 4.78 is 19.8. The summed E-state index contributed by atoms with van der Waals surface area (Å²) in [6, 6.07) is 4.56. The second kappa shape index (κ2) is 8.47. The minimum Gasteiger partial charge on any atom is -0.443 e. The zero-order valence-corrected chi connectivity index (χ0v) is 15.9. The number of carbonyl (C=O) groups excluding carboxylic acids is 2. The maximum absolute atomic E-state index is 14.7. The molecule has 0 radical (unpaired) electrons. The predicted molar refractivity (Wildman–Crippen MR) is 100 cm³/mol. The van der Waals surface area contributed by atoms with Crippen molar-refractivity contribution in [2.24, 2.45) is 5.73 Å². The Morgan fingerprint density at radius 1 is 1.37 bits per heavy atom. The van der Waals surface area contributed by atoms with Crippen molar-refractivity contribution in [3.63, 3.8) is 0 Å². The van der Waals surface area contributed by atoms with Gasteiger partial charge in [-0.2, -0.15) is 0 Å². The molecule has 3 rings (SSSR count). The molecule has 3 N–H and O–H groups in total. The van der Waals surface area contributed by atoms with Crippen molar-refractivity contribution in [3.05, 3.63) is 24.0 Å². The van der Waals surface area contributed by atoms with Gasteiger partial charge in [0.15, 0.2) is 4.84 Å². The van der Waals surface area contributed by atoms with Gasteiger partial charge in [0, 0.05) is 26.2 Å². The van der Waals surface area contributed by atoms with Gasteiger partial charge in [-0.05, 0) is 18.2 Å². The number of anilines is 2. The third kappa shape index (κ3) is 4.37. The van der Waals surface area contributed by atoms with Crippen molar-refractivity contribution < 1.29 is 18.7 Å². The number of halogens is 3. The van der Waals surface area contributed by atoms with E-state index in [-0.39, 0.29) is 13.1 Å². The molecule has 148 valence electrons. The van der Waals surface area contributed by atoms with Crippen molar-refractivity contribution in [3.8, 4) is 0 Å². The normalized spacial score (nSPS) is 20.9. The van der Waals surface area contributed by atoms with Crippen LogP contribution in [0.2, 0.25) is 0 Å². The highest BCUT2D eigenvalue weighted by Crippen LogP contribution is 2.28. The first kappa shape index (κ1) is 19.9. The van der Waals surface area contributed by atoms with Gasteiger partial charge in [-0.3, -0.25) is 14.7 Å². The fraction of sp³-hybridized carbons (Fsp3) is 0.500. The highest BCUT2D eigenvalue weighted by atomic mass is 35.5. The van der Waals surface area contributed by atoms with Gasteiger partial charge in [0.25, 0.3) is 5.91 Å². The highest BCUT2D eigenvalue weighted by Gasteiger charge is 2.32. The Bertz CT molecular complexity index is 723. The Kier molecular flexibility index (Phi) is 6.25. The quantitative estimate of drug-likeness (QED) is 0.709. The number of ether oxygens (including phenoxy) is 1. The molecule has 1 aromatic rings. The van der Waals surface area contributed by atoms with Gasteiger partial charge < -0.3 is 15.4 Å². The van der Waals surface area contributed by atoms with Gasteiger partial charge in [0.2, 0.25) is 0 Å². The first-order valence-electron chi connectivity index (χ1n) is 8.46. The molecule has 2 amide bonds. The number of hydrogen-bond acceptors (Lipinski definition) is 6. The fourth-order valence-corrected chi connectivity index (χ4v) is 3.29. The Labute approximate surface area is 165 Å². The van der Waals surface area contributed by atoms with E-state index >= 15 is 0 Å². The van der Waals surface area contributed by atoms with Crippen LogP contribution in [-0.4, -0.2) is 67.2 Å². The molecule has 11 heteroatoms. The van der Waals surface area contributed by atoms with Crippen LogP contribution in [0, 0.1) is 5.82 Å². The standard InChI is InChI=1S/C16H20Cl2FN5O3/c17-14(18)15(25)24-6-5-22(4-3-21-24)13-2-1-10(7-12(13)19)23-9-11(8-20)27-16(23)26/h1-2,7,11,14,21H,3-6,8-9,20H2/t11-/m0/s1. The average Bonchev–Trinajstić information content (AvgIpc) is 2.86. The van der Waals surface area contributed by atoms with E-state index in [9.17, 15) is 14.0 Å². The monoisotopic (exact) mass is 419 g/mol. The number of nitrogens with one attached hydrogen (secondary N) is 1. The minimum absolute atomic E-state index is 0.213. The van der Waals surface area contributed by atoms with E-state index in [2.05, 4.69) is 5.43 Å². The van der Waals surface area contributed by atoms with Crippen LogP contribution in [0.3, 0.4) is 0 Å². The van der Waals surface area contributed by atoms with Crippen molar-refractivity contribution in [2.45, 2.75) is 10.9 Å². The molecule has 0 bridgehead atoms. The highest BCUT2D eigenvalue weighted by molar-refractivity contribution is 6.53. The number of amides is 2. The molecule has 2 aliphatic rings. The summed E-state index contributed by atoms with van der Waals surface area (Å²) >= 11 is 11.2. The summed E-state index contributed by atoms with van der Waals surface area (Å²) in [4.78, 5) is 25.8. The maximum Gasteiger partial charge on any atom is 0.414 e. The van der Waals surface area contributed by atoms with Crippen LogP contribution in [0.25, 0.3) is 0 Å². The molecule has 2 heterocycles. The lowest BCUT2D eigenvalue weighted by atomic mass is 10.2. The molecule has 0 spiro atoms. The summed E-state index contributed by atoms with van der Waals surface area (Å²) in [7, 11) is 0. The second-order valence-corrected chi connectivity index (χ2v) is 7.27. The zero-order chi connectivity index (χ0) is 19.6. The minimum atomic E-state index is -1.15. The molecule has 8 nitrogen and oxygen atoms in total. The number of benzene rings is 1. The molecule has 1 atom stereocenters. The van der Waals surface area contributed by atoms with E-state index in [0.717, 1.165) is 0 Å². The van der Waals surface area contributed by atoms with Crippen LogP contribution < -0.4 is 21.0 Å². The third-order valence-electron chi connectivity index (χ3n) is 4.45. The van der Waals surface area contributed by atoms with Gasteiger partial charge >= 0.3 is 6.09 Å². The van der Waals surface area contributed by atoms with Gasteiger partial charge in [-0.25, -0.2) is 14.6 Å². The molecule has 2 aliphatic heterocycles. The van der Waals surface area contributed by atoms with Crippen LogP contribution >= 0.6 is 23.2 Å². The van der Waals surface area contributed by atoms with Gasteiger partial charge in [-0.15, -0.1) is 0 Å². The molecule has 27 heavy (non-hydrogen) atoms. The van der Waals surface area contributed by atoms with E-state index < -0.39 is 28.8 Å². The molecular formula is C16H20Cl2FN5O3. The molecule has 2 saturated heterocycles. The molecule has 0 aromatic heterocycles. The summed E-state index contributed by atoms with van der Waals surface area (Å²) in [5.74, 6) is -0.915. The molecule has 0 unspecified atom stereocenters. The second-order valence-electron chi connectivity index (χ2n) is 6.17. The van der Waals surface area contributed by atoms with Crippen LogP contribution in [0.1, 0.15) is 0 Å². The number of nitrogens with zero attached hydrogens (tertiary/aromatic N) is 3. The molecule has 0 saturated carbocycles. The smallest absolute Gasteiger partial charge is 0.414 e. The van der Waals surface area contributed by atoms with Crippen molar-refractivity contribution in [2.75, 3.05) is 49.1 Å². The Morgan fingerprint density at radius 2 is 2.15 bits per heavy atom. The lowest BCUT2D eigenvalue weighted by Crippen LogP contribution is -2.46. The van der Waals surface area contributed by atoms with E-state index in [1.165, 1.54) is 16.0 Å². The predicted octanol–water partition coefficient (Wildman–Crippen LogP) is 1.07.